The SMILES string of the molecule is CCOC1C2CCC1N(C(=O)c1nn(C)c3ccccc13)CCO2. The van der Waals surface area contributed by atoms with E-state index in [1.165, 1.54) is 0 Å². The highest BCUT2D eigenvalue weighted by Gasteiger charge is 2.45. The number of benzene rings is 1. The van der Waals surface area contributed by atoms with Gasteiger partial charge in [0.2, 0.25) is 0 Å². The topological polar surface area (TPSA) is 56.6 Å². The van der Waals surface area contributed by atoms with E-state index in [9.17, 15) is 4.79 Å². The average Bonchev–Trinajstić information content (AvgIpc) is 3.06. The Bertz CT molecular complexity index is 757. The molecule has 1 amide bonds. The summed E-state index contributed by atoms with van der Waals surface area (Å²) in [6, 6.07) is 7.93. The predicted octanol–water partition coefficient (Wildman–Crippen LogP) is 1.98. The fourth-order valence-corrected chi connectivity index (χ4v) is 4.06. The van der Waals surface area contributed by atoms with Crippen LogP contribution in [-0.4, -0.2) is 58.6 Å². The number of rotatable bonds is 3. The quantitative estimate of drug-likeness (QED) is 0.864. The van der Waals surface area contributed by atoms with E-state index in [2.05, 4.69) is 5.10 Å². The van der Waals surface area contributed by atoms with Crippen molar-refractivity contribution >= 4 is 16.8 Å². The number of aryl methyl sites for hydroxylation is 1. The number of para-hydroxylation sites is 1. The van der Waals surface area contributed by atoms with E-state index in [1.807, 2.05) is 43.1 Å². The molecule has 1 aliphatic heterocycles. The van der Waals surface area contributed by atoms with E-state index in [0.29, 0.717) is 25.5 Å². The monoisotopic (exact) mass is 329 g/mol. The van der Waals surface area contributed by atoms with Gasteiger partial charge in [-0.05, 0) is 25.8 Å². The number of amides is 1. The fraction of sp³-hybridized carbons (Fsp3) is 0.556. The minimum atomic E-state index is -0.0311. The van der Waals surface area contributed by atoms with Crippen LogP contribution < -0.4 is 0 Å². The van der Waals surface area contributed by atoms with E-state index >= 15 is 0 Å². The summed E-state index contributed by atoms with van der Waals surface area (Å²) in [7, 11) is 1.87. The molecule has 6 nitrogen and oxygen atoms in total. The first kappa shape index (κ1) is 15.6. The third kappa shape index (κ3) is 2.41. The highest BCUT2D eigenvalue weighted by molar-refractivity contribution is 6.05. The molecular weight excluding hydrogens is 306 g/mol. The van der Waals surface area contributed by atoms with Gasteiger partial charge in [0, 0.05) is 25.6 Å². The van der Waals surface area contributed by atoms with Crippen molar-refractivity contribution in [2.24, 2.45) is 7.05 Å². The summed E-state index contributed by atoms with van der Waals surface area (Å²) in [5, 5.41) is 5.39. The van der Waals surface area contributed by atoms with E-state index in [1.54, 1.807) is 4.68 Å². The molecule has 1 saturated heterocycles. The van der Waals surface area contributed by atoms with Gasteiger partial charge in [-0.2, -0.15) is 5.10 Å². The fourth-order valence-electron chi connectivity index (χ4n) is 4.06. The first-order valence-corrected chi connectivity index (χ1v) is 8.66. The second kappa shape index (κ2) is 6.18. The van der Waals surface area contributed by atoms with E-state index in [4.69, 9.17) is 9.47 Å². The minimum Gasteiger partial charge on any atom is -0.374 e. The maximum Gasteiger partial charge on any atom is 0.275 e. The molecule has 1 saturated carbocycles. The molecule has 6 heteroatoms. The number of carbonyl (C=O) groups excluding carboxylic acids is 1. The van der Waals surface area contributed by atoms with Crippen LogP contribution in [0.3, 0.4) is 0 Å². The Morgan fingerprint density at radius 2 is 2.21 bits per heavy atom. The first-order valence-electron chi connectivity index (χ1n) is 8.66. The summed E-state index contributed by atoms with van der Waals surface area (Å²) in [5.41, 5.74) is 1.49. The maximum absolute atomic E-state index is 13.3. The Morgan fingerprint density at radius 1 is 1.38 bits per heavy atom. The molecule has 1 aromatic heterocycles. The van der Waals surface area contributed by atoms with Crippen LogP contribution in [0, 0.1) is 0 Å². The van der Waals surface area contributed by atoms with E-state index in [-0.39, 0.29) is 24.2 Å². The molecule has 0 N–H and O–H groups in total. The Labute approximate surface area is 141 Å². The maximum atomic E-state index is 13.3. The van der Waals surface area contributed by atoms with Crippen LogP contribution in [-0.2, 0) is 16.5 Å². The Hall–Kier alpha value is -1.92. The van der Waals surface area contributed by atoms with Crippen LogP contribution in [0.5, 0.6) is 0 Å². The lowest BCUT2D eigenvalue weighted by Crippen LogP contribution is -2.46. The van der Waals surface area contributed by atoms with Gasteiger partial charge in [0.1, 0.15) is 6.10 Å². The molecule has 3 atom stereocenters. The average molecular weight is 329 g/mol. The van der Waals surface area contributed by atoms with Crippen molar-refractivity contribution in [1.29, 1.82) is 0 Å². The lowest BCUT2D eigenvalue weighted by atomic mass is 10.1. The third-order valence-electron chi connectivity index (χ3n) is 5.14. The molecule has 1 aliphatic carbocycles. The molecule has 1 aromatic carbocycles. The van der Waals surface area contributed by atoms with Crippen molar-refractivity contribution < 1.29 is 14.3 Å². The van der Waals surface area contributed by atoms with Gasteiger partial charge < -0.3 is 14.4 Å². The van der Waals surface area contributed by atoms with E-state index < -0.39 is 0 Å². The molecule has 0 radical (unpaired) electrons. The van der Waals surface area contributed by atoms with Crippen LogP contribution in [0.25, 0.3) is 10.9 Å². The number of fused-ring (bicyclic) bond motifs is 3. The smallest absolute Gasteiger partial charge is 0.275 e. The largest absolute Gasteiger partial charge is 0.374 e. The van der Waals surface area contributed by atoms with Crippen LogP contribution in [0.1, 0.15) is 30.3 Å². The van der Waals surface area contributed by atoms with Crippen LogP contribution in [0.4, 0.5) is 0 Å². The van der Waals surface area contributed by atoms with Gasteiger partial charge in [-0.1, -0.05) is 18.2 Å². The lowest BCUT2D eigenvalue weighted by Gasteiger charge is -2.30. The van der Waals surface area contributed by atoms with Crippen molar-refractivity contribution in [3.8, 4) is 0 Å². The molecule has 2 heterocycles. The number of hydrogen-bond donors (Lipinski definition) is 0. The highest BCUT2D eigenvalue weighted by atomic mass is 16.5. The lowest BCUT2D eigenvalue weighted by molar-refractivity contribution is -0.0484. The van der Waals surface area contributed by atoms with Gasteiger partial charge in [-0.3, -0.25) is 9.48 Å². The second-order valence-electron chi connectivity index (χ2n) is 6.46. The zero-order valence-corrected chi connectivity index (χ0v) is 14.1. The molecule has 3 unspecified atom stereocenters. The molecule has 24 heavy (non-hydrogen) atoms. The molecule has 0 spiro atoms. The number of aromatic nitrogens is 2. The highest BCUT2D eigenvalue weighted by Crippen LogP contribution is 2.33. The van der Waals surface area contributed by atoms with Crippen LogP contribution in [0.15, 0.2) is 24.3 Å². The molecule has 2 bridgehead atoms. The van der Waals surface area contributed by atoms with Crippen LogP contribution >= 0.6 is 0 Å². The van der Waals surface area contributed by atoms with Gasteiger partial charge in [0.25, 0.3) is 5.91 Å². The zero-order valence-electron chi connectivity index (χ0n) is 14.1. The standard InChI is InChI=1S/C18H23N3O3/c1-3-23-17-14-8-9-15(17)24-11-10-21(14)18(22)16-12-6-4-5-7-13(12)20(2)19-16/h4-7,14-15,17H,3,8-11H2,1-2H3. The second-order valence-corrected chi connectivity index (χ2v) is 6.46. The van der Waals surface area contributed by atoms with Crippen molar-refractivity contribution in [1.82, 2.24) is 14.7 Å². The summed E-state index contributed by atoms with van der Waals surface area (Å²) in [6.07, 6.45) is 1.94. The molecule has 4 rings (SSSR count). The van der Waals surface area contributed by atoms with Crippen molar-refractivity contribution in [2.45, 2.75) is 38.0 Å². The molecule has 128 valence electrons. The number of nitrogens with zero attached hydrogens (tertiary/aromatic N) is 3. The number of ether oxygens (including phenoxy) is 2. The summed E-state index contributed by atoms with van der Waals surface area (Å²) in [4.78, 5) is 15.2. The van der Waals surface area contributed by atoms with Crippen molar-refractivity contribution in [3.05, 3.63) is 30.0 Å². The molecule has 2 aliphatic rings. The number of hydrogen-bond acceptors (Lipinski definition) is 4. The van der Waals surface area contributed by atoms with Crippen molar-refractivity contribution in [2.75, 3.05) is 19.8 Å². The van der Waals surface area contributed by atoms with Gasteiger partial charge in [-0.15, -0.1) is 0 Å². The summed E-state index contributed by atoms with van der Waals surface area (Å²) in [5.74, 6) is -0.0207. The van der Waals surface area contributed by atoms with Gasteiger partial charge >= 0.3 is 0 Å². The minimum absolute atomic E-state index is 0.0207. The Balaban J connectivity index is 1.70. The van der Waals surface area contributed by atoms with Gasteiger partial charge in [0.05, 0.1) is 24.3 Å². The van der Waals surface area contributed by atoms with E-state index in [0.717, 1.165) is 23.7 Å². The van der Waals surface area contributed by atoms with Gasteiger partial charge in [0.15, 0.2) is 5.69 Å². The summed E-state index contributed by atoms with van der Waals surface area (Å²) in [6.45, 7) is 3.77. The predicted molar refractivity (Wildman–Crippen MR) is 89.9 cm³/mol. The zero-order chi connectivity index (χ0) is 16.7. The first-order chi connectivity index (χ1) is 11.7. The van der Waals surface area contributed by atoms with Gasteiger partial charge in [-0.25, -0.2) is 0 Å². The third-order valence-corrected chi connectivity index (χ3v) is 5.14. The summed E-state index contributed by atoms with van der Waals surface area (Å²) < 4.78 is 13.6. The molecular formula is C18H23N3O3. The van der Waals surface area contributed by atoms with Crippen LogP contribution in [0.2, 0.25) is 0 Å². The molecule has 2 aromatic rings. The Morgan fingerprint density at radius 3 is 3.04 bits per heavy atom. The normalized spacial score (nSPS) is 26.8. The number of carbonyl (C=O) groups is 1. The van der Waals surface area contributed by atoms with Crippen molar-refractivity contribution in [3.63, 3.8) is 0 Å². The Kier molecular flexibility index (Phi) is 4.02. The molecule has 2 fully saturated rings. The summed E-state index contributed by atoms with van der Waals surface area (Å²) >= 11 is 0.